The van der Waals surface area contributed by atoms with Crippen molar-refractivity contribution in [3.8, 4) is 0 Å². The number of hydrogen-bond donors (Lipinski definition) is 2. The summed E-state index contributed by atoms with van der Waals surface area (Å²) in [5, 5.41) is 7.33. The van der Waals surface area contributed by atoms with E-state index in [0.29, 0.717) is 16.3 Å². The van der Waals surface area contributed by atoms with Crippen molar-refractivity contribution in [2.45, 2.75) is 12.5 Å². The van der Waals surface area contributed by atoms with Crippen LogP contribution in [0.3, 0.4) is 0 Å². The zero-order chi connectivity index (χ0) is 13.2. The molecule has 0 bridgehead atoms. The van der Waals surface area contributed by atoms with E-state index in [4.69, 9.17) is 0 Å². The van der Waals surface area contributed by atoms with E-state index < -0.39 is 0 Å². The Balaban J connectivity index is 1.95. The number of rotatable bonds is 2. The minimum absolute atomic E-state index is 0.134. The number of carbonyl (C=O) groups is 1. The van der Waals surface area contributed by atoms with E-state index in [1.165, 1.54) is 6.07 Å². The minimum atomic E-state index is -0.297. The second-order valence-corrected chi connectivity index (χ2v) is 4.80. The number of benzene rings is 2. The second kappa shape index (κ2) is 4.97. The summed E-state index contributed by atoms with van der Waals surface area (Å²) in [4.78, 5) is 12.3. The maximum absolute atomic E-state index is 13.7. The van der Waals surface area contributed by atoms with E-state index in [1.54, 1.807) is 24.3 Å². The first kappa shape index (κ1) is 12.1. The zero-order valence-corrected chi connectivity index (χ0v) is 10.4. The van der Waals surface area contributed by atoms with E-state index in [1.807, 2.05) is 6.07 Å². The lowest BCUT2D eigenvalue weighted by atomic mass is 10.0. The van der Waals surface area contributed by atoms with E-state index in [9.17, 15) is 9.18 Å². The lowest BCUT2D eigenvalue weighted by Crippen LogP contribution is -2.36. The molecule has 1 aliphatic rings. The van der Waals surface area contributed by atoms with Gasteiger partial charge in [-0.15, -0.1) is 0 Å². The molecule has 1 aliphatic heterocycles. The van der Waals surface area contributed by atoms with Gasteiger partial charge in [0, 0.05) is 23.5 Å². The highest BCUT2D eigenvalue weighted by Crippen LogP contribution is 2.22. The Morgan fingerprint density at radius 1 is 1.21 bits per heavy atom. The number of fused-ring (bicyclic) bond motifs is 1. The molecule has 4 heteroatoms. The molecule has 98 valence electrons. The fourth-order valence-corrected chi connectivity index (χ4v) is 2.50. The topological polar surface area (TPSA) is 41.1 Å². The Bertz CT molecular complexity index is 621. The SMILES string of the molecule is O=C(N[C@@H]1CCNC1)c1ccc(F)c2ccccc12. The first-order chi connectivity index (χ1) is 9.25. The number of carbonyl (C=O) groups excluding carboxylic acids is 1. The number of halogens is 1. The van der Waals surface area contributed by atoms with E-state index in [0.717, 1.165) is 19.5 Å². The van der Waals surface area contributed by atoms with Gasteiger partial charge in [-0.05, 0) is 30.5 Å². The second-order valence-electron chi connectivity index (χ2n) is 4.80. The van der Waals surface area contributed by atoms with Gasteiger partial charge in [0.2, 0.25) is 0 Å². The quantitative estimate of drug-likeness (QED) is 0.865. The fraction of sp³-hybridized carbons (Fsp3) is 0.267. The lowest BCUT2D eigenvalue weighted by molar-refractivity contribution is 0.0941. The third kappa shape index (κ3) is 2.31. The van der Waals surface area contributed by atoms with Gasteiger partial charge >= 0.3 is 0 Å². The molecule has 1 fully saturated rings. The largest absolute Gasteiger partial charge is 0.348 e. The highest BCUT2D eigenvalue weighted by Gasteiger charge is 2.19. The monoisotopic (exact) mass is 258 g/mol. The van der Waals surface area contributed by atoms with Crippen LogP contribution in [0.5, 0.6) is 0 Å². The average Bonchev–Trinajstić information content (AvgIpc) is 2.92. The van der Waals surface area contributed by atoms with Crippen molar-refractivity contribution in [1.82, 2.24) is 10.6 Å². The van der Waals surface area contributed by atoms with Crippen LogP contribution in [0.4, 0.5) is 4.39 Å². The Labute approximate surface area is 110 Å². The van der Waals surface area contributed by atoms with Crippen molar-refractivity contribution in [2.24, 2.45) is 0 Å². The highest BCUT2D eigenvalue weighted by molar-refractivity contribution is 6.07. The summed E-state index contributed by atoms with van der Waals surface area (Å²) in [5.74, 6) is -0.431. The molecule has 0 spiro atoms. The van der Waals surface area contributed by atoms with Crippen LogP contribution >= 0.6 is 0 Å². The molecule has 1 atom stereocenters. The standard InChI is InChI=1S/C15H15FN2O/c16-14-6-5-13(11-3-1-2-4-12(11)14)15(19)18-10-7-8-17-9-10/h1-6,10,17H,7-9H2,(H,18,19)/t10-/m1/s1. The lowest BCUT2D eigenvalue weighted by Gasteiger charge is -2.13. The molecule has 2 aromatic rings. The van der Waals surface area contributed by atoms with Crippen LogP contribution in [0.1, 0.15) is 16.8 Å². The Hall–Kier alpha value is -1.94. The molecular weight excluding hydrogens is 243 g/mol. The molecule has 0 aromatic heterocycles. The molecular formula is C15H15FN2O. The molecule has 1 amide bonds. The molecule has 0 radical (unpaired) electrons. The Morgan fingerprint density at radius 3 is 2.74 bits per heavy atom. The minimum Gasteiger partial charge on any atom is -0.348 e. The Morgan fingerprint density at radius 2 is 2.00 bits per heavy atom. The first-order valence-electron chi connectivity index (χ1n) is 6.44. The summed E-state index contributed by atoms with van der Waals surface area (Å²) in [6, 6.07) is 10.1. The summed E-state index contributed by atoms with van der Waals surface area (Å²) >= 11 is 0. The normalized spacial score (nSPS) is 18.7. The smallest absolute Gasteiger partial charge is 0.252 e. The van der Waals surface area contributed by atoms with Crippen LogP contribution in [-0.4, -0.2) is 25.0 Å². The molecule has 0 unspecified atom stereocenters. The zero-order valence-electron chi connectivity index (χ0n) is 10.4. The van der Waals surface area contributed by atoms with Crippen LogP contribution in [-0.2, 0) is 0 Å². The predicted molar refractivity (Wildman–Crippen MR) is 72.6 cm³/mol. The van der Waals surface area contributed by atoms with Gasteiger partial charge in [0.25, 0.3) is 5.91 Å². The van der Waals surface area contributed by atoms with Crippen LogP contribution in [0.2, 0.25) is 0 Å². The third-order valence-corrected chi connectivity index (χ3v) is 3.51. The van der Waals surface area contributed by atoms with Crippen LogP contribution < -0.4 is 10.6 Å². The van der Waals surface area contributed by atoms with Crippen molar-refractivity contribution in [3.63, 3.8) is 0 Å². The third-order valence-electron chi connectivity index (χ3n) is 3.51. The molecule has 0 aliphatic carbocycles. The summed E-state index contributed by atoms with van der Waals surface area (Å²) in [6.07, 6.45) is 0.935. The van der Waals surface area contributed by atoms with Crippen LogP contribution in [0.15, 0.2) is 36.4 Å². The molecule has 0 saturated carbocycles. The van der Waals surface area contributed by atoms with Gasteiger partial charge in [-0.1, -0.05) is 24.3 Å². The van der Waals surface area contributed by atoms with Crippen molar-refractivity contribution in [1.29, 1.82) is 0 Å². The van der Waals surface area contributed by atoms with Crippen LogP contribution in [0, 0.1) is 5.82 Å². The van der Waals surface area contributed by atoms with Gasteiger partial charge in [0.15, 0.2) is 0 Å². The predicted octanol–water partition coefficient (Wildman–Crippen LogP) is 2.07. The van der Waals surface area contributed by atoms with Gasteiger partial charge in [-0.3, -0.25) is 4.79 Å². The van der Waals surface area contributed by atoms with E-state index in [-0.39, 0.29) is 17.8 Å². The van der Waals surface area contributed by atoms with E-state index >= 15 is 0 Å². The number of nitrogens with one attached hydrogen (secondary N) is 2. The fourth-order valence-electron chi connectivity index (χ4n) is 2.50. The molecule has 2 aromatic carbocycles. The van der Waals surface area contributed by atoms with Gasteiger partial charge in [0.05, 0.1) is 0 Å². The first-order valence-corrected chi connectivity index (χ1v) is 6.44. The summed E-state index contributed by atoms with van der Waals surface area (Å²) in [5.41, 5.74) is 0.531. The summed E-state index contributed by atoms with van der Waals surface area (Å²) < 4.78 is 13.7. The van der Waals surface area contributed by atoms with E-state index in [2.05, 4.69) is 10.6 Å². The maximum atomic E-state index is 13.7. The van der Waals surface area contributed by atoms with Crippen LogP contribution in [0.25, 0.3) is 10.8 Å². The average molecular weight is 258 g/mol. The van der Waals surface area contributed by atoms with Crippen molar-refractivity contribution >= 4 is 16.7 Å². The number of hydrogen-bond acceptors (Lipinski definition) is 2. The van der Waals surface area contributed by atoms with Gasteiger partial charge in [-0.25, -0.2) is 4.39 Å². The molecule has 19 heavy (non-hydrogen) atoms. The highest BCUT2D eigenvalue weighted by atomic mass is 19.1. The molecule has 2 N–H and O–H groups in total. The Kier molecular flexibility index (Phi) is 3.17. The molecule has 1 saturated heterocycles. The molecule has 3 rings (SSSR count). The van der Waals surface area contributed by atoms with Gasteiger partial charge in [0.1, 0.15) is 5.82 Å². The van der Waals surface area contributed by atoms with Gasteiger partial charge < -0.3 is 10.6 Å². The molecule has 1 heterocycles. The summed E-state index contributed by atoms with van der Waals surface area (Å²) in [7, 11) is 0. The van der Waals surface area contributed by atoms with Gasteiger partial charge in [-0.2, -0.15) is 0 Å². The maximum Gasteiger partial charge on any atom is 0.252 e. The molecule has 3 nitrogen and oxygen atoms in total. The van der Waals surface area contributed by atoms with Crippen molar-refractivity contribution in [3.05, 3.63) is 47.8 Å². The van der Waals surface area contributed by atoms with Crippen molar-refractivity contribution in [2.75, 3.05) is 13.1 Å². The summed E-state index contributed by atoms with van der Waals surface area (Å²) in [6.45, 7) is 1.72. The number of amides is 1. The van der Waals surface area contributed by atoms with Crippen molar-refractivity contribution < 1.29 is 9.18 Å².